The van der Waals surface area contributed by atoms with E-state index in [1.807, 2.05) is 6.92 Å². The summed E-state index contributed by atoms with van der Waals surface area (Å²) in [7, 11) is 0. The fraction of sp³-hybridized carbons (Fsp3) is 0.467. The fourth-order valence-corrected chi connectivity index (χ4v) is 1.97. The predicted octanol–water partition coefficient (Wildman–Crippen LogP) is 1.44. The minimum atomic E-state index is -0.994. The third kappa shape index (κ3) is 4.66. The Balaban J connectivity index is 1.79. The van der Waals surface area contributed by atoms with Gasteiger partial charge in [0.2, 0.25) is 0 Å². The zero-order valence-electron chi connectivity index (χ0n) is 11.9. The van der Waals surface area contributed by atoms with E-state index in [0.29, 0.717) is 12.4 Å². The number of carbonyl (C=O) groups is 2. The Morgan fingerprint density at radius 1 is 1.24 bits per heavy atom. The molecule has 6 nitrogen and oxygen atoms in total. The molecule has 0 saturated heterocycles. The zero-order valence-corrected chi connectivity index (χ0v) is 11.9. The lowest BCUT2D eigenvalue weighted by Crippen LogP contribution is -2.44. The van der Waals surface area contributed by atoms with Gasteiger partial charge in [0.05, 0.1) is 6.61 Å². The van der Waals surface area contributed by atoms with E-state index < -0.39 is 17.9 Å². The average molecular weight is 293 g/mol. The lowest BCUT2D eigenvalue weighted by Gasteiger charge is -2.14. The number of nitrogens with one attached hydrogen (secondary N) is 1. The molecule has 114 valence electrons. The molecule has 1 aromatic carbocycles. The maximum Gasteiger partial charge on any atom is 0.326 e. The summed E-state index contributed by atoms with van der Waals surface area (Å²) in [5.74, 6) is -0.104. The summed E-state index contributed by atoms with van der Waals surface area (Å²) in [5, 5.41) is 11.5. The SMILES string of the molecule is CCOc1ccc(OCC(=O)NC(C(=O)O)C2CC2)cc1. The van der Waals surface area contributed by atoms with Crippen LogP contribution < -0.4 is 14.8 Å². The largest absolute Gasteiger partial charge is 0.494 e. The molecule has 1 atom stereocenters. The summed E-state index contributed by atoms with van der Waals surface area (Å²) in [5.41, 5.74) is 0. The van der Waals surface area contributed by atoms with E-state index in [-0.39, 0.29) is 12.5 Å². The normalized spacial score (nSPS) is 15.1. The van der Waals surface area contributed by atoms with E-state index in [4.69, 9.17) is 14.6 Å². The van der Waals surface area contributed by atoms with Crippen LogP contribution in [0.3, 0.4) is 0 Å². The van der Waals surface area contributed by atoms with E-state index in [0.717, 1.165) is 18.6 Å². The van der Waals surface area contributed by atoms with Gasteiger partial charge in [0.1, 0.15) is 17.5 Å². The Bertz CT molecular complexity index is 495. The predicted molar refractivity (Wildman–Crippen MR) is 75.4 cm³/mol. The van der Waals surface area contributed by atoms with Gasteiger partial charge in [0, 0.05) is 0 Å². The molecule has 0 aromatic heterocycles. The highest BCUT2D eigenvalue weighted by atomic mass is 16.5. The summed E-state index contributed by atoms with van der Waals surface area (Å²) in [6.07, 6.45) is 1.69. The Kier molecular flexibility index (Phi) is 5.03. The lowest BCUT2D eigenvalue weighted by molar-refractivity contribution is -0.142. The molecule has 0 bridgehead atoms. The number of amides is 1. The van der Waals surface area contributed by atoms with Crippen LogP contribution in [0.5, 0.6) is 11.5 Å². The summed E-state index contributed by atoms with van der Waals surface area (Å²) in [6.45, 7) is 2.28. The smallest absolute Gasteiger partial charge is 0.326 e. The highest BCUT2D eigenvalue weighted by Gasteiger charge is 2.37. The van der Waals surface area contributed by atoms with E-state index in [9.17, 15) is 9.59 Å². The second-order valence-electron chi connectivity index (χ2n) is 4.91. The van der Waals surface area contributed by atoms with Gasteiger partial charge < -0.3 is 19.9 Å². The Hall–Kier alpha value is -2.24. The number of hydrogen-bond donors (Lipinski definition) is 2. The average Bonchev–Trinajstić information content (AvgIpc) is 3.28. The number of ether oxygens (including phenoxy) is 2. The fourth-order valence-electron chi connectivity index (χ4n) is 1.97. The first-order chi connectivity index (χ1) is 10.1. The molecule has 0 aliphatic heterocycles. The summed E-state index contributed by atoms with van der Waals surface area (Å²) < 4.78 is 10.6. The molecule has 1 unspecified atom stereocenters. The molecule has 2 N–H and O–H groups in total. The van der Waals surface area contributed by atoms with Crippen molar-refractivity contribution in [3.05, 3.63) is 24.3 Å². The van der Waals surface area contributed by atoms with Crippen LogP contribution in [0.15, 0.2) is 24.3 Å². The highest BCUT2D eigenvalue weighted by molar-refractivity contribution is 5.84. The molecule has 6 heteroatoms. The number of carboxylic acids is 1. The molecule has 1 aliphatic rings. The van der Waals surface area contributed by atoms with Gasteiger partial charge in [-0.05, 0) is 49.9 Å². The molecule has 0 heterocycles. The number of rotatable bonds is 8. The van der Waals surface area contributed by atoms with Crippen molar-refractivity contribution >= 4 is 11.9 Å². The van der Waals surface area contributed by atoms with Crippen molar-refractivity contribution in [1.29, 1.82) is 0 Å². The van der Waals surface area contributed by atoms with Gasteiger partial charge in [-0.2, -0.15) is 0 Å². The molecule has 1 fully saturated rings. The summed E-state index contributed by atoms with van der Waals surface area (Å²) in [6, 6.07) is 6.10. The van der Waals surface area contributed by atoms with Gasteiger partial charge >= 0.3 is 5.97 Å². The van der Waals surface area contributed by atoms with Crippen molar-refractivity contribution in [2.24, 2.45) is 5.92 Å². The van der Waals surface area contributed by atoms with Gasteiger partial charge in [0.25, 0.3) is 5.91 Å². The number of hydrogen-bond acceptors (Lipinski definition) is 4. The maximum atomic E-state index is 11.7. The topological polar surface area (TPSA) is 84.9 Å². The van der Waals surface area contributed by atoms with E-state index in [1.54, 1.807) is 24.3 Å². The van der Waals surface area contributed by atoms with E-state index in [2.05, 4.69) is 5.32 Å². The molecule has 1 aliphatic carbocycles. The standard InChI is InChI=1S/C15H19NO5/c1-2-20-11-5-7-12(8-6-11)21-9-13(17)16-14(15(18)19)10-3-4-10/h5-8,10,14H,2-4,9H2,1H3,(H,16,17)(H,18,19). The van der Waals surface area contributed by atoms with Gasteiger partial charge in [0.15, 0.2) is 6.61 Å². The molecule has 1 aromatic rings. The summed E-state index contributed by atoms with van der Waals surface area (Å²) >= 11 is 0. The molecular weight excluding hydrogens is 274 g/mol. The first kappa shape index (κ1) is 15.2. The second-order valence-corrected chi connectivity index (χ2v) is 4.91. The van der Waals surface area contributed by atoms with Crippen molar-refractivity contribution in [2.45, 2.75) is 25.8 Å². The number of carbonyl (C=O) groups excluding carboxylic acids is 1. The van der Waals surface area contributed by atoms with Crippen molar-refractivity contribution in [2.75, 3.05) is 13.2 Å². The number of aliphatic carboxylic acids is 1. The van der Waals surface area contributed by atoms with Crippen LogP contribution in [-0.2, 0) is 9.59 Å². The van der Waals surface area contributed by atoms with Crippen LogP contribution in [0, 0.1) is 5.92 Å². The minimum absolute atomic E-state index is 0.0527. The van der Waals surface area contributed by atoms with Crippen LogP contribution in [0.1, 0.15) is 19.8 Å². The maximum absolute atomic E-state index is 11.7. The second kappa shape index (κ2) is 6.97. The highest BCUT2D eigenvalue weighted by Crippen LogP contribution is 2.32. The number of benzene rings is 1. The van der Waals surface area contributed by atoms with Gasteiger partial charge in [-0.3, -0.25) is 4.79 Å². The zero-order chi connectivity index (χ0) is 15.2. The van der Waals surface area contributed by atoms with E-state index >= 15 is 0 Å². The molecule has 0 radical (unpaired) electrons. The third-order valence-electron chi connectivity index (χ3n) is 3.18. The van der Waals surface area contributed by atoms with Gasteiger partial charge in [-0.25, -0.2) is 4.79 Å². The van der Waals surface area contributed by atoms with Crippen LogP contribution in [0.2, 0.25) is 0 Å². The van der Waals surface area contributed by atoms with Crippen molar-refractivity contribution < 1.29 is 24.2 Å². The lowest BCUT2D eigenvalue weighted by atomic mass is 10.2. The van der Waals surface area contributed by atoms with Crippen LogP contribution >= 0.6 is 0 Å². The third-order valence-corrected chi connectivity index (χ3v) is 3.18. The molecule has 21 heavy (non-hydrogen) atoms. The Labute approximate surface area is 123 Å². The van der Waals surface area contributed by atoms with Crippen LogP contribution in [0.25, 0.3) is 0 Å². The molecule has 1 amide bonds. The Morgan fingerprint density at radius 2 is 1.81 bits per heavy atom. The molecule has 2 rings (SSSR count). The van der Waals surface area contributed by atoms with Crippen molar-refractivity contribution in [3.63, 3.8) is 0 Å². The van der Waals surface area contributed by atoms with Crippen molar-refractivity contribution in [1.82, 2.24) is 5.32 Å². The van der Waals surface area contributed by atoms with Gasteiger partial charge in [-0.15, -0.1) is 0 Å². The van der Waals surface area contributed by atoms with Crippen molar-refractivity contribution in [3.8, 4) is 11.5 Å². The minimum Gasteiger partial charge on any atom is -0.494 e. The quantitative estimate of drug-likeness (QED) is 0.757. The summed E-state index contributed by atoms with van der Waals surface area (Å²) in [4.78, 5) is 22.7. The first-order valence-electron chi connectivity index (χ1n) is 6.98. The van der Waals surface area contributed by atoms with Crippen LogP contribution in [0.4, 0.5) is 0 Å². The monoisotopic (exact) mass is 293 g/mol. The van der Waals surface area contributed by atoms with Crippen LogP contribution in [-0.4, -0.2) is 36.2 Å². The first-order valence-corrected chi connectivity index (χ1v) is 6.98. The van der Waals surface area contributed by atoms with E-state index in [1.165, 1.54) is 0 Å². The molecule has 0 spiro atoms. The number of carboxylic acid groups (broad SMARTS) is 1. The molecular formula is C15H19NO5. The Morgan fingerprint density at radius 3 is 2.29 bits per heavy atom. The molecule has 1 saturated carbocycles. The van der Waals surface area contributed by atoms with Gasteiger partial charge in [-0.1, -0.05) is 0 Å².